The minimum Gasteiger partial charge on any atom is -0.493 e. The van der Waals surface area contributed by atoms with Crippen molar-refractivity contribution >= 4 is 33.4 Å². The van der Waals surface area contributed by atoms with Gasteiger partial charge < -0.3 is 29.4 Å². The van der Waals surface area contributed by atoms with Gasteiger partial charge in [-0.25, -0.2) is 19.3 Å². The lowest BCUT2D eigenvalue weighted by Gasteiger charge is -2.30. The predicted octanol–water partition coefficient (Wildman–Crippen LogP) is 6.17. The maximum Gasteiger partial charge on any atom is 0.162 e. The van der Waals surface area contributed by atoms with Crippen molar-refractivity contribution in [2.75, 3.05) is 12.4 Å². The Labute approximate surface area is 236 Å². The summed E-state index contributed by atoms with van der Waals surface area (Å²) in [7, 11) is 3.56. The molecule has 0 aliphatic carbocycles. The monoisotopic (exact) mass is 554 g/mol. The van der Waals surface area contributed by atoms with Gasteiger partial charge in [-0.05, 0) is 62.9 Å². The zero-order valence-corrected chi connectivity index (χ0v) is 23.1. The maximum absolute atomic E-state index is 15.6. The number of imidazole rings is 1. The molecule has 0 spiro atoms. The van der Waals surface area contributed by atoms with Gasteiger partial charge in [-0.1, -0.05) is 0 Å². The molecule has 2 aromatic heterocycles. The van der Waals surface area contributed by atoms with Crippen LogP contribution in [0.4, 0.5) is 15.9 Å². The number of hydrogen-bond acceptors (Lipinski definition) is 8. The fourth-order valence-electron chi connectivity index (χ4n) is 6.00. The highest BCUT2D eigenvalue weighted by molar-refractivity contribution is 5.93. The molecule has 1 unspecified atom stereocenters. The molecule has 0 radical (unpaired) electrons. The molecule has 2 saturated heterocycles. The summed E-state index contributed by atoms with van der Waals surface area (Å²) >= 11 is 0. The van der Waals surface area contributed by atoms with Gasteiger partial charge in [-0.2, -0.15) is 0 Å². The maximum atomic E-state index is 15.6. The number of aromatic nitrogens is 4. The number of anilines is 2. The number of rotatable bonds is 7. The summed E-state index contributed by atoms with van der Waals surface area (Å²) in [5, 5.41) is 7.52. The van der Waals surface area contributed by atoms with Crippen LogP contribution in [-0.4, -0.2) is 44.8 Å². The highest BCUT2D eigenvalue weighted by Gasteiger charge is 2.35. The Hall–Kier alpha value is -4.44. The van der Waals surface area contributed by atoms with Gasteiger partial charge in [0.2, 0.25) is 0 Å². The second-order valence-corrected chi connectivity index (χ2v) is 10.9. The minimum absolute atomic E-state index is 0.104. The molecule has 10 heteroatoms. The first-order valence-electron chi connectivity index (χ1n) is 13.9. The number of methoxy groups -OCH3 is 1. The van der Waals surface area contributed by atoms with Crippen LogP contribution in [0, 0.1) is 12.7 Å². The van der Waals surface area contributed by atoms with E-state index in [0.717, 1.165) is 23.9 Å². The predicted molar refractivity (Wildman–Crippen MR) is 155 cm³/mol. The zero-order chi connectivity index (χ0) is 28.1. The molecule has 4 heterocycles. The second kappa shape index (κ2) is 10.2. The number of nitrogens with zero attached hydrogens (tertiary/aromatic N) is 4. The molecule has 2 N–H and O–H groups in total. The third-order valence-electron chi connectivity index (χ3n) is 8.16. The van der Waals surface area contributed by atoms with Crippen molar-refractivity contribution in [3.8, 4) is 23.0 Å². The highest BCUT2D eigenvalue weighted by Crippen LogP contribution is 2.39. The van der Waals surface area contributed by atoms with Gasteiger partial charge >= 0.3 is 0 Å². The van der Waals surface area contributed by atoms with E-state index in [-0.39, 0.29) is 11.8 Å². The molecule has 3 aromatic carbocycles. The smallest absolute Gasteiger partial charge is 0.162 e. The average molecular weight is 555 g/mol. The van der Waals surface area contributed by atoms with Crippen LogP contribution in [0.15, 0.2) is 55.1 Å². The van der Waals surface area contributed by atoms with Gasteiger partial charge in [0.1, 0.15) is 29.7 Å². The lowest BCUT2D eigenvalue weighted by Crippen LogP contribution is -2.42. The Bertz CT molecular complexity index is 1760. The fourth-order valence-corrected chi connectivity index (χ4v) is 6.00. The SMILES string of the molecule is COc1cc2ncnc(Nc3ccc(Oc4ccc5c(c4)ncn5C)c(C)c3F)c2cc1OC1C[C@H]2CC[C@@H](C1)N2. The molecule has 5 aromatic rings. The van der Waals surface area contributed by atoms with Gasteiger partial charge in [0.15, 0.2) is 17.3 Å². The van der Waals surface area contributed by atoms with E-state index >= 15 is 4.39 Å². The summed E-state index contributed by atoms with van der Waals surface area (Å²) in [5.41, 5.74) is 3.12. The van der Waals surface area contributed by atoms with E-state index in [2.05, 4.69) is 25.6 Å². The quantitative estimate of drug-likeness (QED) is 0.247. The third kappa shape index (κ3) is 4.78. The molecule has 2 aliphatic rings. The number of aryl methyl sites for hydroxylation is 1. The molecule has 0 amide bonds. The number of nitrogens with one attached hydrogen (secondary N) is 2. The number of halogens is 1. The van der Waals surface area contributed by atoms with E-state index in [1.165, 1.54) is 19.2 Å². The molecule has 9 nitrogen and oxygen atoms in total. The molecule has 0 saturated carbocycles. The summed E-state index contributed by atoms with van der Waals surface area (Å²) in [6.07, 6.45) is 7.60. The number of benzene rings is 3. The Morgan fingerprint density at radius 3 is 2.59 bits per heavy atom. The lowest BCUT2D eigenvalue weighted by atomic mass is 10.0. The van der Waals surface area contributed by atoms with Crippen LogP contribution < -0.4 is 24.8 Å². The van der Waals surface area contributed by atoms with Crippen molar-refractivity contribution in [1.82, 2.24) is 24.8 Å². The molecule has 7 rings (SSSR count). The first-order chi connectivity index (χ1) is 19.9. The van der Waals surface area contributed by atoms with Crippen LogP contribution >= 0.6 is 0 Å². The molecule has 2 aliphatic heterocycles. The normalized spacial score (nSPS) is 20.0. The van der Waals surface area contributed by atoms with E-state index in [9.17, 15) is 0 Å². The third-order valence-corrected chi connectivity index (χ3v) is 8.16. The number of ether oxygens (including phenoxy) is 3. The van der Waals surface area contributed by atoms with Gasteiger partial charge in [0, 0.05) is 42.2 Å². The second-order valence-electron chi connectivity index (χ2n) is 10.9. The first-order valence-corrected chi connectivity index (χ1v) is 13.9. The summed E-state index contributed by atoms with van der Waals surface area (Å²) < 4.78 is 35.7. The van der Waals surface area contributed by atoms with Crippen molar-refractivity contribution in [1.29, 1.82) is 0 Å². The van der Waals surface area contributed by atoms with Crippen molar-refractivity contribution in [3.63, 3.8) is 0 Å². The van der Waals surface area contributed by atoms with Gasteiger partial charge in [-0.15, -0.1) is 0 Å². The van der Waals surface area contributed by atoms with E-state index in [4.69, 9.17) is 14.2 Å². The Morgan fingerprint density at radius 2 is 1.78 bits per heavy atom. The van der Waals surface area contributed by atoms with Crippen molar-refractivity contribution in [2.45, 2.75) is 50.8 Å². The fraction of sp³-hybridized carbons (Fsp3) is 0.323. The van der Waals surface area contributed by atoms with Crippen LogP contribution in [0.25, 0.3) is 21.9 Å². The van der Waals surface area contributed by atoms with Crippen molar-refractivity contribution < 1.29 is 18.6 Å². The van der Waals surface area contributed by atoms with Gasteiger partial charge in [-0.3, -0.25) is 0 Å². The summed E-state index contributed by atoms with van der Waals surface area (Å²) in [6, 6.07) is 13.7. The Morgan fingerprint density at radius 1 is 0.951 bits per heavy atom. The molecular formula is C31H31FN6O3. The van der Waals surface area contributed by atoms with Crippen LogP contribution in [0.1, 0.15) is 31.2 Å². The number of hydrogen-bond donors (Lipinski definition) is 2. The van der Waals surface area contributed by atoms with E-state index in [0.29, 0.717) is 57.4 Å². The molecule has 2 fully saturated rings. The van der Waals surface area contributed by atoms with Crippen molar-refractivity contribution in [2.24, 2.45) is 7.05 Å². The molecule has 2 bridgehead atoms. The first kappa shape index (κ1) is 25.5. The minimum atomic E-state index is -0.427. The molecule has 41 heavy (non-hydrogen) atoms. The number of piperidine rings is 1. The molecule has 210 valence electrons. The van der Waals surface area contributed by atoms with E-state index in [1.54, 1.807) is 32.5 Å². The molecular weight excluding hydrogens is 523 g/mol. The zero-order valence-electron chi connectivity index (χ0n) is 23.1. The largest absolute Gasteiger partial charge is 0.493 e. The summed E-state index contributed by atoms with van der Waals surface area (Å²) in [5.74, 6) is 2.30. The van der Waals surface area contributed by atoms with Crippen LogP contribution in [0.5, 0.6) is 23.0 Å². The van der Waals surface area contributed by atoms with Crippen molar-refractivity contribution in [3.05, 3.63) is 66.5 Å². The Kier molecular flexibility index (Phi) is 6.34. The number of fused-ring (bicyclic) bond motifs is 4. The van der Waals surface area contributed by atoms with Crippen LogP contribution in [0.3, 0.4) is 0 Å². The van der Waals surface area contributed by atoms with Gasteiger partial charge in [0.05, 0.1) is 35.7 Å². The standard InChI is InChI=1S/C31H31FN6O3/c1-17-27(40-20-6-8-26-25(12-20)35-16-38(26)2)9-7-23(30(17)32)37-31-22-13-29(28(39-3)14-24(22)33-15-34-31)41-21-10-18-4-5-19(11-21)36-18/h6-9,12-16,18-19,21,36H,4-5,10-11H2,1-3H3,(H,33,34,37)/t18-,19+,21?. The average Bonchev–Trinajstić information content (AvgIpc) is 3.52. The topological polar surface area (TPSA) is 95.4 Å². The molecule has 3 atom stereocenters. The highest BCUT2D eigenvalue weighted by atomic mass is 19.1. The van der Waals surface area contributed by atoms with E-state index < -0.39 is 5.82 Å². The Balaban J connectivity index is 1.16. The van der Waals surface area contributed by atoms with Crippen LogP contribution in [0.2, 0.25) is 0 Å². The van der Waals surface area contributed by atoms with Gasteiger partial charge in [0.25, 0.3) is 0 Å². The summed E-state index contributed by atoms with van der Waals surface area (Å²) in [4.78, 5) is 13.2. The lowest BCUT2D eigenvalue weighted by molar-refractivity contribution is 0.133. The van der Waals surface area contributed by atoms with E-state index in [1.807, 2.05) is 41.9 Å². The van der Waals surface area contributed by atoms with Crippen LogP contribution in [-0.2, 0) is 7.05 Å². The summed E-state index contributed by atoms with van der Waals surface area (Å²) in [6.45, 7) is 1.69.